The van der Waals surface area contributed by atoms with Gasteiger partial charge in [-0.25, -0.2) is 14.6 Å². The molecule has 0 aliphatic carbocycles. The smallest absolute Gasteiger partial charge is 0.341 e. The van der Waals surface area contributed by atoms with Crippen molar-refractivity contribution in [3.8, 4) is 5.75 Å². The first-order chi connectivity index (χ1) is 15.7. The van der Waals surface area contributed by atoms with Gasteiger partial charge in [0.25, 0.3) is 5.91 Å². The topological polar surface area (TPSA) is 203 Å². The van der Waals surface area contributed by atoms with Gasteiger partial charge in [-0.05, 0) is 42.0 Å². The number of carbonyl (C=O) groups excluding carboxylic acids is 3. The van der Waals surface area contributed by atoms with E-state index in [-0.39, 0.29) is 23.5 Å². The van der Waals surface area contributed by atoms with Crippen LogP contribution in [0, 0.1) is 0 Å². The van der Waals surface area contributed by atoms with E-state index in [0.29, 0.717) is 17.3 Å². The molecule has 33 heavy (non-hydrogen) atoms. The lowest BCUT2D eigenvalue weighted by Crippen LogP contribution is -2.22. The number of ether oxygens (including phenoxy) is 1. The van der Waals surface area contributed by atoms with Crippen molar-refractivity contribution in [1.82, 2.24) is 9.97 Å². The highest BCUT2D eigenvalue weighted by molar-refractivity contribution is 6.04. The molecule has 0 saturated carbocycles. The fourth-order valence-corrected chi connectivity index (χ4v) is 2.81. The summed E-state index contributed by atoms with van der Waals surface area (Å²) in [5, 5.41) is 13.7. The summed E-state index contributed by atoms with van der Waals surface area (Å²) in [5.74, 6) is -1.74. The maximum Gasteiger partial charge on any atom is 0.341 e. The van der Waals surface area contributed by atoms with E-state index in [1.807, 2.05) is 0 Å². The summed E-state index contributed by atoms with van der Waals surface area (Å²) in [7, 11) is 0. The predicted molar refractivity (Wildman–Crippen MR) is 117 cm³/mol. The van der Waals surface area contributed by atoms with Crippen LogP contribution in [0.5, 0.6) is 5.75 Å². The van der Waals surface area contributed by atoms with Gasteiger partial charge in [0.15, 0.2) is 12.3 Å². The van der Waals surface area contributed by atoms with Gasteiger partial charge in [-0.15, -0.1) is 0 Å². The number of amides is 4. The van der Waals surface area contributed by atoms with Crippen LogP contribution in [0.1, 0.15) is 32.2 Å². The molecule has 3 aromatic rings. The van der Waals surface area contributed by atoms with Crippen molar-refractivity contribution in [2.45, 2.75) is 6.42 Å². The Morgan fingerprint density at radius 2 is 1.61 bits per heavy atom. The Morgan fingerprint density at radius 3 is 2.18 bits per heavy atom. The third-order valence-corrected chi connectivity index (χ3v) is 4.31. The molecule has 0 unspecified atom stereocenters. The SMILES string of the molecule is NC(=O)c1ccc(NC(=O)Nc2[nH]c(Cc3ccc(OCC(=O)O)cc3)nc2C(N)=O)cc1. The lowest BCUT2D eigenvalue weighted by atomic mass is 10.1. The Balaban J connectivity index is 1.67. The van der Waals surface area contributed by atoms with Crippen molar-refractivity contribution < 1.29 is 29.0 Å². The normalized spacial score (nSPS) is 10.3. The van der Waals surface area contributed by atoms with Crippen LogP contribution in [0.3, 0.4) is 0 Å². The minimum absolute atomic E-state index is 0.0187. The van der Waals surface area contributed by atoms with Gasteiger partial charge >= 0.3 is 12.0 Å². The monoisotopic (exact) mass is 452 g/mol. The third kappa shape index (κ3) is 6.30. The summed E-state index contributed by atoms with van der Waals surface area (Å²) in [6.07, 6.45) is 0.275. The molecule has 0 radical (unpaired) electrons. The van der Waals surface area contributed by atoms with Crippen LogP contribution in [0.15, 0.2) is 48.5 Å². The van der Waals surface area contributed by atoms with Gasteiger partial charge < -0.3 is 31.6 Å². The fourth-order valence-electron chi connectivity index (χ4n) is 2.81. The third-order valence-electron chi connectivity index (χ3n) is 4.31. The summed E-state index contributed by atoms with van der Waals surface area (Å²) in [4.78, 5) is 52.8. The maximum atomic E-state index is 12.3. The molecule has 2 aromatic carbocycles. The number of aromatic nitrogens is 2. The van der Waals surface area contributed by atoms with Crippen LogP contribution >= 0.6 is 0 Å². The van der Waals surface area contributed by atoms with E-state index < -0.39 is 30.4 Å². The fraction of sp³-hybridized carbons (Fsp3) is 0.0952. The Bertz CT molecular complexity index is 1190. The zero-order valence-corrected chi connectivity index (χ0v) is 17.1. The summed E-state index contributed by atoms with van der Waals surface area (Å²) < 4.78 is 5.08. The van der Waals surface area contributed by atoms with Gasteiger partial charge in [0.1, 0.15) is 17.4 Å². The number of carbonyl (C=O) groups is 4. The highest BCUT2D eigenvalue weighted by Gasteiger charge is 2.18. The Hall–Kier alpha value is -4.87. The largest absolute Gasteiger partial charge is 0.482 e. The molecule has 0 spiro atoms. The number of hydrogen-bond donors (Lipinski definition) is 6. The summed E-state index contributed by atoms with van der Waals surface area (Å²) in [5.41, 5.74) is 11.9. The average Bonchev–Trinajstić information content (AvgIpc) is 3.15. The van der Waals surface area contributed by atoms with Gasteiger partial charge in [0, 0.05) is 17.7 Å². The molecule has 0 bridgehead atoms. The Kier molecular flexibility index (Phi) is 6.88. The van der Waals surface area contributed by atoms with Crippen LogP contribution in [0.2, 0.25) is 0 Å². The predicted octanol–water partition coefficient (Wildman–Crippen LogP) is 1.31. The number of benzene rings is 2. The second-order valence-corrected chi connectivity index (χ2v) is 6.80. The van der Waals surface area contributed by atoms with Gasteiger partial charge in [-0.1, -0.05) is 12.1 Å². The molecule has 0 fully saturated rings. The van der Waals surface area contributed by atoms with E-state index in [0.717, 1.165) is 5.56 Å². The van der Waals surface area contributed by atoms with E-state index in [9.17, 15) is 19.2 Å². The first-order valence-corrected chi connectivity index (χ1v) is 9.51. The molecule has 12 nitrogen and oxygen atoms in total. The first-order valence-electron chi connectivity index (χ1n) is 9.51. The lowest BCUT2D eigenvalue weighted by Gasteiger charge is -2.07. The molecular formula is C21H20N6O6. The number of aromatic amines is 1. The van der Waals surface area contributed by atoms with Crippen molar-refractivity contribution in [2.75, 3.05) is 17.2 Å². The second kappa shape index (κ2) is 9.96. The maximum absolute atomic E-state index is 12.3. The van der Waals surface area contributed by atoms with Gasteiger partial charge in [-0.3, -0.25) is 14.9 Å². The van der Waals surface area contributed by atoms with Crippen molar-refractivity contribution in [1.29, 1.82) is 0 Å². The van der Waals surface area contributed by atoms with E-state index in [1.54, 1.807) is 24.3 Å². The Labute approximate surface area is 186 Å². The number of hydrogen-bond acceptors (Lipinski definition) is 6. The second-order valence-electron chi connectivity index (χ2n) is 6.80. The van der Waals surface area contributed by atoms with Gasteiger partial charge in [0.05, 0.1) is 0 Å². The quantitative estimate of drug-likeness (QED) is 0.280. The number of H-pyrrole nitrogens is 1. The number of primary amides is 2. The lowest BCUT2D eigenvalue weighted by molar-refractivity contribution is -0.139. The van der Waals surface area contributed by atoms with Crippen molar-refractivity contribution >= 4 is 35.3 Å². The molecule has 0 aliphatic heterocycles. The highest BCUT2D eigenvalue weighted by atomic mass is 16.5. The molecular weight excluding hydrogens is 432 g/mol. The molecule has 0 aliphatic rings. The number of carboxylic acids is 1. The molecule has 8 N–H and O–H groups in total. The van der Waals surface area contributed by atoms with Crippen molar-refractivity contribution in [3.05, 3.63) is 71.2 Å². The molecule has 3 rings (SSSR count). The van der Waals surface area contributed by atoms with Crippen LogP contribution in [0.25, 0.3) is 0 Å². The minimum Gasteiger partial charge on any atom is -0.482 e. The van der Waals surface area contributed by atoms with Gasteiger partial charge in [0.2, 0.25) is 5.91 Å². The standard InChI is InChI=1S/C21H20N6O6/c22-18(30)12-3-5-13(6-4-12)24-21(32)27-20-17(19(23)31)25-15(26-20)9-11-1-7-14(8-2-11)33-10-16(28)29/h1-8H,9-10H2,(H2,22,30)(H2,23,31)(H,25,26)(H,28,29)(H2,24,27,32). The number of nitrogens with two attached hydrogens (primary N) is 2. The van der Waals surface area contributed by atoms with E-state index in [1.165, 1.54) is 24.3 Å². The van der Waals surface area contributed by atoms with Crippen LogP contribution in [-0.4, -0.2) is 45.5 Å². The summed E-state index contributed by atoms with van der Waals surface area (Å²) >= 11 is 0. The highest BCUT2D eigenvalue weighted by Crippen LogP contribution is 2.18. The zero-order valence-electron chi connectivity index (χ0n) is 17.1. The molecule has 0 atom stereocenters. The zero-order chi connectivity index (χ0) is 24.0. The Morgan fingerprint density at radius 1 is 0.939 bits per heavy atom. The number of carboxylic acid groups (broad SMARTS) is 1. The molecule has 1 aromatic heterocycles. The van der Waals surface area contributed by atoms with Crippen LogP contribution < -0.4 is 26.8 Å². The minimum atomic E-state index is -1.08. The van der Waals surface area contributed by atoms with E-state index in [2.05, 4.69) is 20.6 Å². The van der Waals surface area contributed by atoms with Crippen LogP contribution in [0.4, 0.5) is 16.3 Å². The van der Waals surface area contributed by atoms with Gasteiger partial charge in [-0.2, -0.15) is 0 Å². The number of anilines is 2. The van der Waals surface area contributed by atoms with Crippen molar-refractivity contribution in [2.24, 2.45) is 11.5 Å². The summed E-state index contributed by atoms with van der Waals surface area (Å²) in [6, 6.07) is 11.9. The molecule has 12 heteroatoms. The van der Waals surface area contributed by atoms with Crippen LogP contribution in [-0.2, 0) is 11.2 Å². The molecule has 0 saturated heterocycles. The average molecular weight is 452 g/mol. The number of imidazole rings is 1. The number of aliphatic carboxylic acids is 1. The first kappa shape index (κ1) is 22.8. The number of nitrogens with zero attached hydrogens (tertiary/aromatic N) is 1. The summed E-state index contributed by atoms with van der Waals surface area (Å²) in [6.45, 7) is -0.452. The number of urea groups is 1. The molecule has 170 valence electrons. The van der Waals surface area contributed by atoms with E-state index in [4.69, 9.17) is 21.3 Å². The van der Waals surface area contributed by atoms with Crippen molar-refractivity contribution in [3.63, 3.8) is 0 Å². The molecule has 1 heterocycles. The number of rotatable bonds is 9. The number of nitrogens with one attached hydrogen (secondary N) is 3. The molecule has 4 amide bonds. The van der Waals surface area contributed by atoms with E-state index >= 15 is 0 Å².